The summed E-state index contributed by atoms with van der Waals surface area (Å²) in [6, 6.07) is 10.4. The SMILES string of the molecule is CN(C)C1=C(CC(=NNC(C)(C)C)c2ccccc2)CC=C1. The number of nitrogens with one attached hydrogen (secondary N) is 1. The van der Waals surface area contributed by atoms with Crippen molar-refractivity contribution in [3.63, 3.8) is 0 Å². The predicted molar refractivity (Wildman–Crippen MR) is 95.0 cm³/mol. The van der Waals surface area contributed by atoms with Crippen molar-refractivity contribution in [2.75, 3.05) is 14.1 Å². The van der Waals surface area contributed by atoms with Crippen molar-refractivity contribution in [1.82, 2.24) is 10.3 Å². The molecular formula is C19H27N3. The molecule has 0 saturated carbocycles. The highest BCUT2D eigenvalue weighted by atomic mass is 15.3. The van der Waals surface area contributed by atoms with Crippen molar-refractivity contribution in [3.05, 3.63) is 59.3 Å². The van der Waals surface area contributed by atoms with E-state index in [9.17, 15) is 0 Å². The maximum atomic E-state index is 4.71. The molecule has 0 heterocycles. The van der Waals surface area contributed by atoms with Crippen LogP contribution in [0.25, 0.3) is 0 Å². The van der Waals surface area contributed by atoms with Crippen molar-refractivity contribution in [2.24, 2.45) is 5.10 Å². The minimum Gasteiger partial charge on any atom is -0.378 e. The Morgan fingerprint density at radius 1 is 1.18 bits per heavy atom. The van der Waals surface area contributed by atoms with Gasteiger partial charge >= 0.3 is 0 Å². The Labute approximate surface area is 134 Å². The van der Waals surface area contributed by atoms with E-state index in [1.807, 2.05) is 6.07 Å². The van der Waals surface area contributed by atoms with Crippen molar-refractivity contribution in [2.45, 2.75) is 39.2 Å². The van der Waals surface area contributed by atoms with Crippen LogP contribution in [0.4, 0.5) is 0 Å². The van der Waals surface area contributed by atoms with Crippen LogP contribution in [0.3, 0.4) is 0 Å². The Kier molecular flexibility index (Phi) is 5.07. The maximum Gasteiger partial charge on any atom is 0.0716 e. The molecule has 1 aromatic carbocycles. The van der Waals surface area contributed by atoms with E-state index in [1.54, 1.807) is 0 Å². The smallest absolute Gasteiger partial charge is 0.0716 e. The van der Waals surface area contributed by atoms with E-state index in [0.29, 0.717) is 0 Å². The Bertz CT molecular complexity index is 587. The van der Waals surface area contributed by atoms with E-state index in [2.05, 4.69) is 81.6 Å². The fourth-order valence-electron chi connectivity index (χ4n) is 2.44. The standard InChI is InChI=1S/C19H27N3/c1-19(2,3)21-20-17(15-10-7-6-8-11-15)14-16-12-9-13-18(16)22(4)5/h6-11,13,21H,12,14H2,1-5H3. The van der Waals surface area contributed by atoms with Crippen LogP contribution in [0.5, 0.6) is 0 Å². The molecule has 0 radical (unpaired) electrons. The lowest BCUT2D eigenvalue weighted by molar-refractivity contribution is 0.440. The molecule has 118 valence electrons. The van der Waals surface area contributed by atoms with Crippen LogP contribution < -0.4 is 5.43 Å². The first-order chi connectivity index (χ1) is 10.4. The number of allylic oxidation sites excluding steroid dienone is 3. The van der Waals surface area contributed by atoms with Gasteiger partial charge in [-0.25, -0.2) is 0 Å². The summed E-state index contributed by atoms with van der Waals surface area (Å²) in [6.45, 7) is 6.38. The molecule has 3 nitrogen and oxygen atoms in total. The summed E-state index contributed by atoms with van der Waals surface area (Å²) in [6.07, 6.45) is 6.31. The van der Waals surface area contributed by atoms with Gasteiger partial charge in [0.2, 0.25) is 0 Å². The fourth-order valence-corrected chi connectivity index (χ4v) is 2.44. The van der Waals surface area contributed by atoms with E-state index >= 15 is 0 Å². The summed E-state index contributed by atoms with van der Waals surface area (Å²) in [7, 11) is 4.19. The highest BCUT2D eigenvalue weighted by Gasteiger charge is 2.16. The van der Waals surface area contributed by atoms with Crippen LogP contribution in [-0.4, -0.2) is 30.2 Å². The number of nitrogens with zero attached hydrogens (tertiary/aromatic N) is 2. The Morgan fingerprint density at radius 2 is 1.86 bits per heavy atom. The molecule has 3 heteroatoms. The van der Waals surface area contributed by atoms with Gasteiger partial charge in [-0.1, -0.05) is 36.4 Å². The van der Waals surface area contributed by atoms with Gasteiger partial charge in [0.05, 0.1) is 5.71 Å². The summed E-state index contributed by atoms with van der Waals surface area (Å²) < 4.78 is 0. The Morgan fingerprint density at radius 3 is 2.45 bits per heavy atom. The lowest BCUT2D eigenvalue weighted by Crippen LogP contribution is -2.32. The highest BCUT2D eigenvalue weighted by Crippen LogP contribution is 2.25. The zero-order chi connectivity index (χ0) is 16.2. The summed E-state index contributed by atoms with van der Waals surface area (Å²) in [4.78, 5) is 2.18. The summed E-state index contributed by atoms with van der Waals surface area (Å²) >= 11 is 0. The molecule has 1 aliphatic carbocycles. The predicted octanol–water partition coefficient (Wildman–Crippen LogP) is 3.94. The van der Waals surface area contributed by atoms with E-state index in [1.165, 1.54) is 16.8 Å². The van der Waals surface area contributed by atoms with E-state index in [-0.39, 0.29) is 5.54 Å². The second-order valence-corrected chi connectivity index (χ2v) is 6.95. The van der Waals surface area contributed by atoms with Crippen LogP contribution in [0.2, 0.25) is 0 Å². The number of benzene rings is 1. The molecule has 1 N–H and O–H groups in total. The highest BCUT2D eigenvalue weighted by molar-refractivity contribution is 6.02. The first-order valence-corrected chi connectivity index (χ1v) is 7.82. The molecule has 0 amide bonds. The molecule has 1 aromatic rings. The summed E-state index contributed by atoms with van der Waals surface area (Å²) in [5, 5.41) is 4.71. The molecule has 0 spiro atoms. The van der Waals surface area contributed by atoms with Crippen LogP contribution in [0.15, 0.2) is 58.9 Å². The van der Waals surface area contributed by atoms with Gasteiger partial charge in [0.1, 0.15) is 0 Å². The molecule has 0 bridgehead atoms. The zero-order valence-electron chi connectivity index (χ0n) is 14.4. The van der Waals surface area contributed by atoms with Gasteiger partial charge in [0.15, 0.2) is 0 Å². The lowest BCUT2D eigenvalue weighted by atomic mass is 10.0. The van der Waals surface area contributed by atoms with Gasteiger partial charge in [0, 0.05) is 31.8 Å². The normalized spacial score (nSPS) is 15.4. The third kappa shape index (κ3) is 4.48. The van der Waals surface area contributed by atoms with Gasteiger partial charge in [-0.15, -0.1) is 0 Å². The second kappa shape index (κ2) is 6.82. The van der Waals surface area contributed by atoms with E-state index in [0.717, 1.165) is 18.6 Å². The van der Waals surface area contributed by atoms with Gasteiger partial charge in [-0.05, 0) is 44.4 Å². The third-order valence-electron chi connectivity index (χ3n) is 3.50. The van der Waals surface area contributed by atoms with E-state index < -0.39 is 0 Å². The maximum absolute atomic E-state index is 4.71. The Balaban J connectivity index is 2.28. The number of likely N-dealkylation sites (N-methyl/N-ethyl adjacent to an activating group) is 1. The fraction of sp³-hybridized carbons (Fsp3) is 0.421. The van der Waals surface area contributed by atoms with Gasteiger partial charge in [-0.3, -0.25) is 0 Å². The average molecular weight is 297 g/mol. The van der Waals surface area contributed by atoms with E-state index in [4.69, 9.17) is 5.10 Å². The Hall–Kier alpha value is -2.03. The molecule has 0 aliphatic heterocycles. The van der Waals surface area contributed by atoms with Gasteiger partial charge < -0.3 is 10.3 Å². The molecule has 0 saturated heterocycles. The number of hydrogen-bond donors (Lipinski definition) is 1. The summed E-state index contributed by atoms with van der Waals surface area (Å²) in [5.41, 5.74) is 8.23. The van der Waals surface area contributed by atoms with Crippen molar-refractivity contribution in [1.29, 1.82) is 0 Å². The largest absolute Gasteiger partial charge is 0.378 e. The zero-order valence-corrected chi connectivity index (χ0v) is 14.4. The number of hydrogen-bond acceptors (Lipinski definition) is 3. The minimum atomic E-state index is -0.0350. The lowest BCUT2D eigenvalue weighted by Gasteiger charge is -2.20. The third-order valence-corrected chi connectivity index (χ3v) is 3.50. The minimum absolute atomic E-state index is 0.0350. The molecule has 0 unspecified atom stereocenters. The first kappa shape index (κ1) is 16.3. The molecule has 2 rings (SSSR count). The molecular weight excluding hydrogens is 270 g/mol. The average Bonchev–Trinajstić information content (AvgIpc) is 2.91. The molecule has 0 aromatic heterocycles. The number of rotatable bonds is 5. The molecule has 0 fully saturated rings. The van der Waals surface area contributed by atoms with Gasteiger partial charge in [-0.2, -0.15) is 5.10 Å². The van der Waals surface area contributed by atoms with Crippen molar-refractivity contribution < 1.29 is 0 Å². The number of hydrazone groups is 1. The second-order valence-electron chi connectivity index (χ2n) is 6.95. The monoisotopic (exact) mass is 297 g/mol. The van der Waals surface area contributed by atoms with Crippen LogP contribution in [0.1, 0.15) is 39.2 Å². The topological polar surface area (TPSA) is 27.6 Å². The van der Waals surface area contributed by atoms with Crippen molar-refractivity contribution >= 4 is 5.71 Å². The van der Waals surface area contributed by atoms with Crippen LogP contribution in [-0.2, 0) is 0 Å². The van der Waals surface area contributed by atoms with Crippen LogP contribution >= 0.6 is 0 Å². The van der Waals surface area contributed by atoms with Gasteiger partial charge in [0.25, 0.3) is 0 Å². The molecule has 22 heavy (non-hydrogen) atoms. The summed E-state index contributed by atoms with van der Waals surface area (Å²) in [5.74, 6) is 0. The quantitative estimate of drug-likeness (QED) is 0.658. The molecule has 0 atom stereocenters. The van der Waals surface area contributed by atoms with Crippen LogP contribution in [0, 0.1) is 0 Å². The molecule has 1 aliphatic rings. The van der Waals surface area contributed by atoms with Crippen molar-refractivity contribution in [3.8, 4) is 0 Å². The first-order valence-electron chi connectivity index (χ1n) is 7.82.